The van der Waals surface area contributed by atoms with Gasteiger partial charge in [-0.3, -0.25) is 13.8 Å². The third-order valence-electron chi connectivity index (χ3n) is 9.01. The minimum Gasteiger partial charge on any atom is -0.387 e. The van der Waals surface area contributed by atoms with E-state index < -0.39 is 20.0 Å². The number of phosphoric acid groups is 1. The molecular formula is C39H80N2O6P+. The van der Waals surface area contributed by atoms with Gasteiger partial charge in [0.05, 0.1) is 39.9 Å². The Kier molecular flexibility index (Phi) is 31.7. The summed E-state index contributed by atoms with van der Waals surface area (Å²) in [6.07, 6.45) is 34.1. The van der Waals surface area contributed by atoms with E-state index in [0.717, 1.165) is 38.5 Å². The zero-order valence-corrected chi connectivity index (χ0v) is 33.1. The van der Waals surface area contributed by atoms with E-state index in [1.165, 1.54) is 122 Å². The number of carbonyl (C=O) groups is 1. The van der Waals surface area contributed by atoms with Crippen molar-refractivity contribution in [1.29, 1.82) is 0 Å². The zero-order valence-electron chi connectivity index (χ0n) is 32.2. The number of quaternary nitrogens is 1. The Morgan fingerprint density at radius 3 is 1.54 bits per heavy atom. The summed E-state index contributed by atoms with van der Waals surface area (Å²) in [5, 5.41) is 13.8. The number of phosphoric ester groups is 1. The van der Waals surface area contributed by atoms with Crippen molar-refractivity contribution in [2.45, 2.75) is 193 Å². The first-order valence-corrected chi connectivity index (χ1v) is 21.6. The molecule has 0 aromatic rings. The SMILES string of the molecule is CCCCCCCCCCCCC/C=C/[C@@H](O)[C@H](COP(=O)(O)OCC[N+](C)(C)C)NC(=O)CCCCCCCCCC[13CH2]CCCC. The lowest BCUT2D eigenvalue weighted by molar-refractivity contribution is -0.870. The molecule has 0 rings (SSSR count). The van der Waals surface area contributed by atoms with Gasteiger partial charge in [0.15, 0.2) is 0 Å². The summed E-state index contributed by atoms with van der Waals surface area (Å²) >= 11 is 0. The van der Waals surface area contributed by atoms with Crippen LogP contribution in [0, 0.1) is 0 Å². The van der Waals surface area contributed by atoms with E-state index in [9.17, 15) is 19.4 Å². The second-order valence-electron chi connectivity index (χ2n) is 15.0. The average molecular weight is 705 g/mol. The molecule has 9 heteroatoms. The molecule has 0 bridgehead atoms. The van der Waals surface area contributed by atoms with Crippen LogP contribution in [0.25, 0.3) is 0 Å². The molecule has 0 saturated heterocycles. The van der Waals surface area contributed by atoms with Crippen molar-refractivity contribution in [2.24, 2.45) is 0 Å². The van der Waals surface area contributed by atoms with E-state index in [1.54, 1.807) is 6.08 Å². The zero-order chi connectivity index (χ0) is 35.8. The topological polar surface area (TPSA) is 105 Å². The summed E-state index contributed by atoms with van der Waals surface area (Å²) < 4.78 is 23.5. The number of hydrogen-bond acceptors (Lipinski definition) is 5. The highest BCUT2D eigenvalue weighted by atomic mass is 31.2. The molecule has 0 aromatic carbocycles. The third-order valence-corrected chi connectivity index (χ3v) is 9.99. The number of likely N-dealkylation sites (N-methyl/N-ethyl adjacent to an activating group) is 1. The Morgan fingerprint density at radius 2 is 1.10 bits per heavy atom. The molecule has 0 radical (unpaired) electrons. The molecule has 0 heterocycles. The Labute approximate surface area is 297 Å². The van der Waals surface area contributed by atoms with Crippen molar-refractivity contribution in [3.8, 4) is 0 Å². The number of nitrogens with one attached hydrogen (secondary N) is 1. The van der Waals surface area contributed by atoms with Crippen molar-refractivity contribution in [2.75, 3.05) is 40.9 Å². The molecule has 0 aliphatic rings. The van der Waals surface area contributed by atoms with Crippen LogP contribution in [0.2, 0.25) is 0 Å². The standard InChI is InChI=1S/C39H79N2O6P/c1-6-8-10-12-14-16-18-20-22-24-26-28-30-32-38(42)37(36-47-48(44,45)46-35-34-41(3,4)5)40-39(43)33-31-29-27-25-23-21-19-17-15-13-11-9-7-2/h30,32,37-38,42H,6-29,31,33-36H2,1-5H3,(H-,40,43,44,45)/p+1/b32-30+/t37-,38+/m0/s1/i13+1. The monoisotopic (exact) mass is 705 g/mol. The van der Waals surface area contributed by atoms with Gasteiger partial charge in [0.2, 0.25) is 5.91 Å². The first kappa shape index (κ1) is 47.2. The molecule has 0 aliphatic carbocycles. The highest BCUT2D eigenvalue weighted by Gasteiger charge is 2.27. The van der Waals surface area contributed by atoms with E-state index in [4.69, 9.17) is 9.05 Å². The number of amides is 1. The van der Waals surface area contributed by atoms with Crippen LogP contribution in [0.1, 0.15) is 181 Å². The van der Waals surface area contributed by atoms with Gasteiger partial charge in [0.25, 0.3) is 0 Å². The van der Waals surface area contributed by atoms with Crippen molar-refractivity contribution < 1.29 is 32.9 Å². The van der Waals surface area contributed by atoms with Gasteiger partial charge in [-0.05, 0) is 19.3 Å². The minimum atomic E-state index is -4.32. The maximum atomic E-state index is 12.8. The van der Waals surface area contributed by atoms with E-state index >= 15 is 0 Å². The average Bonchev–Trinajstić information content (AvgIpc) is 3.02. The number of rotatable bonds is 36. The molecule has 0 fully saturated rings. The normalized spacial score (nSPS) is 14.7. The van der Waals surface area contributed by atoms with Gasteiger partial charge >= 0.3 is 7.82 Å². The lowest BCUT2D eigenvalue weighted by atomic mass is 10.0. The van der Waals surface area contributed by atoms with Gasteiger partial charge in [-0.2, -0.15) is 0 Å². The van der Waals surface area contributed by atoms with Gasteiger partial charge in [-0.1, -0.05) is 167 Å². The fraction of sp³-hybridized carbons (Fsp3) is 0.923. The Morgan fingerprint density at radius 1 is 0.688 bits per heavy atom. The minimum absolute atomic E-state index is 0.0643. The van der Waals surface area contributed by atoms with Gasteiger partial charge < -0.3 is 19.8 Å². The predicted molar refractivity (Wildman–Crippen MR) is 203 cm³/mol. The van der Waals surface area contributed by atoms with Gasteiger partial charge in [0, 0.05) is 6.42 Å². The summed E-state index contributed by atoms with van der Waals surface area (Å²) in [7, 11) is 1.58. The molecule has 0 spiro atoms. The Hall–Kier alpha value is -0.760. The Balaban J connectivity index is 4.50. The van der Waals surface area contributed by atoms with Crippen molar-refractivity contribution in [3.63, 3.8) is 0 Å². The highest BCUT2D eigenvalue weighted by Crippen LogP contribution is 2.43. The van der Waals surface area contributed by atoms with Crippen LogP contribution < -0.4 is 5.32 Å². The Bertz CT molecular complexity index is 804. The number of aliphatic hydroxyl groups excluding tert-OH is 1. The molecule has 3 atom stereocenters. The second kappa shape index (κ2) is 32.2. The summed E-state index contributed by atoms with van der Waals surface area (Å²) in [6.45, 7) is 4.80. The summed E-state index contributed by atoms with van der Waals surface area (Å²) in [6, 6.07) is -0.837. The van der Waals surface area contributed by atoms with Gasteiger partial charge in [0.1, 0.15) is 13.2 Å². The van der Waals surface area contributed by atoms with Crippen LogP contribution in [0.15, 0.2) is 12.2 Å². The van der Waals surface area contributed by atoms with Crippen LogP contribution in [0.3, 0.4) is 0 Å². The predicted octanol–water partition coefficient (Wildman–Crippen LogP) is 10.4. The second-order valence-corrected chi connectivity index (χ2v) is 16.5. The van der Waals surface area contributed by atoms with Crippen LogP contribution in [0.5, 0.6) is 0 Å². The number of aliphatic hydroxyl groups is 1. The summed E-state index contributed by atoms with van der Waals surface area (Å²) in [5.41, 5.74) is 0. The van der Waals surface area contributed by atoms with E-state index in [-0.39, 0.29) is 19.1 Å². The molecule has 0 aliphatic heterocycles. The maximum absolute atomic E-state index is 12.8. The largest absolute Gasteiger partial charge is 0.472 e. The van der Waals surface area contributed by atoms with E-state index in [1.807, 2.05) is 27.2 Å². The van der Waals surface area contributed by atoms with Crippen molar-refractivity contribution in [3.05, 3.63) is 12.2 Å². The first-order valence-electron chi connectivity index (χ1n) is 20.1. The van der Waals surface area contributed by atoms with Crippen LogP contribution in [-0.4, -0.2) is 73.4 Å². The van der Waals surface area contributed by atoms with E-state index in [0.29, 0.717) is 17.4 Å². The molecule has 0 saturated carbocycles. The molecule has 1 unspecified atom stereocenters. The van der Waals surface area contributed by atoms with Crippen LogP contribution in [0.4, 0.5) is 0 Å². The first-order chi connectivity index (χ1) is 23.0. The van der Waals surface area contributed by atoms with E-state index in [2.05, 4.69) is 19.2 Å². The third kappa shape index (κ3) is 33.7. The lowest BCUT2D eigenvalue weighted by Gasteiger charge is -2.25. The lowest BCUT2D eigenvalue weighted by Crippen LogP contribution is -2.45. The number of nitrogens with zero attached hydrogens (tertiary/aromatic N) is 1. The van der Waals surface area contributed by atoms with Crippen molar-refractivity contribution in [1.82, 2.24) is 5.32 Å². The molecule has 8 nitrogen and oxygen atoms in total. The molecule has 48 heavy (non-hydrogen) atoms. The van der Waals surface area contributed by atoms with Crippen molar-refractivity contribution >= 4 is 13.7 Å². The molecule has 1 amide bonds. The molecule has 286 valence electrons. The number of unbranched alkanes of at least 4 members (excludes halogenated alkanes) is 23. The van der Waals surface area contributed by atoms with Crippen LogP contribution >= 0.6 is 7.82 Å². The number of allylic oxidation sites excluding steroid dienone is 1. The fourth-order valence-corrected chi connectivity index (χ4v) is 6.48. The maximum Gasteiger partial charge on any atom is 0.472 e. The molecular weight excluding hydrogens is 624 g/mol. The number of carbonyl (C=O) groups excluding carboxylic acids is 1. The van der Waals surface area contributed by atoms with Gasteiger partial charge in [-0.15, -0.1) is 0 Å². The highest BCUT2D eigenvalue weighted by molar-refractivity contribution is 7.47. The molecule has 0 aromatic heterocycles. The van der Waals surface area contributed by atoms with Gasteiger partial charge in [-0.25, -0.2) is 4.57 Å². The smallest absolute Gasteiger partial charge is 0.387 e. The summed E-state index contributed by atoms with van der Waals surface area (Å²) in [4.78, 5) is 23.0. The molecule has 3 N–H and O–H groups in total. The quantitative estimate of drug-likeness (QED) is 0.0197. The number of hydrogen-bond donors (Lipinski definition) is 3. The van der Waals surface area contributed by atoms with Crippen LogP contribution in [-0.2, 0) is 18.4 Å². The fourth-order valence-electron chi connectivity index (χ4n) is 5.75. The summed E-state index contributed by atoms with van der Waals surface area (Å²) in [5.74, 6) is -0.178.